The van der Waals surface area contributed by atoms with Crippen molar-refractivity contribution in [1.82, 2.24) is 4.90 Å². The Morgan fingerprint density at radius 1 is 1.28 bits per heavy atom. The van der Waals surface area contributed by atoms with Gasteiger partial charge in [-0.05, 0) is 43.8 Å². The summed E-state index contributed by atoms with van der Waals surface area (Å²) in [6.45, 7) is 4.21. The molecule has 0 aliphatic carbocycles. The number of hydrogen-bond donors (Lipinski definition) is 1. The minimum Gasteiger partial charge on any atom is -0.368 e. The van der Waals surface area contributed by atoms with Crippen LogP contribution in [0.1, 0.15) is 37.8 Å². The van der Waals surface area contributed by atoms with Crippen LogP contribution < -0.4 is 5.73 Å². The molecule has 18 heavy (non-hydrogen) atoms. The number of primary amides is 1. The zero-order valence-electron chi connectivity index (χ0n) is 11.0. The number of hydrogen-bond acceptors (Lipinski definition) is 2. The van der Waals surface area contributed by atoms with E-state index >= 15 is 0 Å². The van der Waals surface area contributed by atoms with E-state index in [1.807, 2.05) is 30.3 Å². The molecule has 3 heteroatoms. The van der Waals surface area contributed by atoms with E-state index < -0.39 is 0 Å². The monoisotopic (exact) mass is 246 g/mol. The summed E-state index contributed by atoms with van der Waals surface area (Å²) in [4.78, 5) is 14.0. The van der Waals surface area contributed by atoms with Crippen LogP contribution in [0.2, 0.25) is 0 Å². The Morgan fingerprint density at radius 3 is 2.67 bits per heavy atom. The highest BCUT2D eigenvalue weighted by atomic mass is 16.1. The molecule has 1 amide bonds. The minimum absolute atomic E-state index is 0.240. The Kier molecular flexibility index (Phi) is 4.37. The number of carbonyl (C=O) groups is 1. The van der Waals surface area contributed by atoms with Crippen LogP contribution in [0.4, 0.5) is 0 Å². The molecular weight excluding hydrogens is 224 g/mol. The highest BCUT2D eigenvalue weighted by Gasteiger charge is 2.27. The molecule has 1 fully saturated rings. The van der Waals surface area contributed by atoms with Gasteiger partial charge in [0.05, 0.1) is 0 Å². The molecule has 1 aliphatic heterocycles. The number of likely N-dealkylation sites (tertiary alicyclic amines) is 1. The molecular formula is C15H22N2O. The van der Waals surface area contributed by atoms with E-state index in [4.69, 9.17) is 5.73 Å². The molecule has 1 heterocycles. The maximum Gasteiger partial charge on any atom is 0.239 e. The van der Waals surface area contributed by atoms with Crippen molar-refractivity contribution in [1.29, 1.82) is 0 Å². The van der Waals surface area contributed by atoms with E-state index in [0.29, 0.717) is 0 Å². The fourth-order valence-electron chi connectivity index (χ4n) is 2.73. The molecule has 98 valence electrons. The zero-order valence-corrected chi connectivity index (χ0v) is 11.0. The van der Waals surface area contributed by atoms with E-state index in [9.17, 15) is 4.79 Å². The average molecular weight is 246 g/mol. The maximum atomic E-state index is 11.8. The van der Waals surface area contributed by atoms with Crippen LogP contribution >= 0.6 is 0 Å². The van der Waals surface area contributed by atoms with Gasteiger partial charge in [-0.1, -0.05) is 37.3 Å². The van der Waals surface area contributed by atoms with Gasteiger partial charge in [0.1, 0.15) is 6.04 Å². The number of benzene rings is 1. The average Bonchev–Trinajstić information content (AvgIpc) is 2.56. The third kappa shape index (κ3) is 3.10. The van der Waals surface area contributed by atoms with Gasteiger partial charge in [0.15, 0.2) is 0 Å². The van der Waals surface area contributed by atoms with Crippen molar-refractivity contribution in [3.05, 3.63) is 35.9 Å². The first kappa shape index (κ1) is 13.1. The number of nitrogens with two attached hydrogens (primary N) is 1. The third-order valence-electron chi connectivity index (χ3n) is 3.80. The summed E-state index contributed by atoms with van der Waals surface area (Å²) in [7, 11) is 0. The first-order valence-electron chi connectivity index (χ1n) is 6.77. The molecule has 2 N–H and O–H groups in total. The molecule has 2 unspecified atom stereocenters. The fourth-order valence-corrected chi connectivity index (χ4v) is 2.73. The number of nitrogens with zero attached hydrogens (tertiary/aromatic N) is 1. The molecule has 3 nitrogen and oxygen atoms in total. The predicted molar refractivity (Wildman–Crippen MR) is 73.0 cm³/mol. The van der Waals surface area contributed by atoms with Gasteiger partial charge in [0, 0.05) is 0 Å². The molecule has 0 radical (unpaired) electrons. The molecule has 0 aromatic heterocycles. The molecule has 0 saturated carbocycles. The molecule has 0 spiro atoms. The van der Waals surface area contributed by atoms with Crippen LogP contribution in [-0.4, -0.2) is 23.9 Å². The minimum atomic E-state index is -0.267. The third-order valence-corrected chi connectivity index (χ3v) is 3.80. The summed E-state index contributed by atoms with van der Waals surface area (Å²) in [5, 5.41) is 0. The van der Waals surface area contributed by atoms with Crippen LogP contribution in [-0.2, 0) is 4.79 Å². The fraction of sp³-hybridized carbons (Fsp3) is 0.533. The Balaban J connectivity index is 2.17. The Hall–Kier alpha value is -1.35. The lowest BCUT2D eigenvalue weighted by molar-refractivity contribution is -0.123. The molecule has 1 aromatic rings. The van der Waals surface area contributed by atoms with Gasteiger partial charge < -0.3 is 5.73 Å². The molecule has 1 aromatic carbocycles. The molecule has 1 saturated heterocycles. The SMILES string of the molecule is CC1CCCN(C(C(N)=O)c2ccccc2)CC1. The molecule has 2 rings (SSSR count). The van der Waals surface area contributed by atoms with Crippen molar-refractivity contribution in [3.8, 4) is 0 Å². The normalized spacial score (nSPS) is 23.3. The van der Waals surface area contributed by atoms with Gasteiger partial charge in [-0.15, -0.1) is 0 Å². The van der Waals surface area contributed by atoms with Crippen LogP contribution in [0.3, 0.4) is 0 Å². The van der Waals surface area contributed by atoms with Gasteiger partial charge in [-0.3, -0.25) is 9.69 Å². The number of carbonyl (C=O) groups excluding carboxylic acids is 1. The zero-order chi connectivity index (χ0) is 13.0. The number of rotatable bonds is 3. The van der Waals surface area contributed by atoms with Crippen molar-refractivity contribution in [2.75, 3.05) is 13.1 Å². The van der Waals surface area contributed by atoms with E-state index in [-0.39, 0.29) is 11.9 Å². The van der Waals surface area contributed by atoms with Crippen molar-refractivity contribution < 1.29 is 4.79 Å². The Bertz CT molecular complexity index is 391. The van der Waals surface area contributed by atoms with Gasteiger partial charge >= 0.3 is 0 Å². The molecule has 0 bridgehead atoms. The highest BCUT2D eigenvalue weighted by molar-refractivity contribution is 5.81. The van der Waals surface area contributed by atoms with Gasteiger partial charge in [-0.25, -0.2) is 0 Å². The predicted octanol–water partition coefficient (Wildman–Crippen LogP) is 2.33. The first-order valence-corrected chi connectivity index (χ1v) is 6.77. The molecule has 2 atom stereocenters. The van der Waals surface area contributed by atoms with Gasteiger partial charge in [0.25, 0.3) is 0 Å². The van der Waals surface area contributed by atoms with Crippen LogP contribution in [0.25, 0.3) is 0 Å². The second kappa shape index (κ2) is 6.01. The van der Waals surface area contributed by atoms with Crippen LogP contribution in [0.5, 0.6) is 0 Å². The summed E-state index contributed by atoms with van der Waals surface area (Å²) >= 11 is 0. The van der Waals surface area contributed by atoms with Crippen molar-refractivity contribution in [2.24, 2.45) is 11.7 Å². The van der Waals surface area contributed by atoms with Crippen molar-refractivity contribution >= 4 is 5.91 Å². The van der Waals surface area contributed by atoms with E-state index in [1.165, 1.54) is 6.42 Å². The Morgan fingerprint density at radius 2 is 2.00 bits per heavy atom. The first-order chi connectivity index (χ1) is 8.68. The smallest absolute Gasteiger partial charge is 0.239 e. The summed E-state index contributed by atoms with van der Waals surface area (Å²) in [6, 6.07) is 9.60. The highest BCUT2D eigenvalue weighted by Crippen LogP contribution is 2.25. The standard InChI is InChI=1S/C15H22N2O/c1-12-6-5-10-17(11-9-12)14(15(16)18)13-7-3-2-4-8-13/h2-4,7-8,12,14H,5-6,9-11H2,1H3,(H2,16,18). The van der Waals surface area contributed by atoms with Crippen molar-refractivity contribution in [2.45, 2.75) is 32.2 Å². The summed E-state index contributed by atoms with van der Waals surface area (Å²) < 4.78 is 0. The second-order valence-corrected chi connectivity index (χ2v) is 5.29. The van der Waals surface area contributed by atoms with E-state index in [0.717, 1.165) is 37.4 Å². The second-order valence-electron chi connectivity index (χ2n) is 5.29. The lowest BCUT2D eigenvalue weighted by atomic mass is 10.0. The summed E-state index contributed by atoms with van der Waals surface area (Å²) in [6.07, 6.45) is 3.55. The lowest BCUT2D eigenvalue weighted by Gasteiger charge is -2.28. The van der Waals surface area contributed by atoms with E-state index in [2.05, 4.69) is 11.8 Å². The van der Waals surface area contributed by atoms with Gasteiger partial charge in [0.2, 0.25) is 5.91 Å². The quantitative estimate of drug-likeness (QED) is 0.889. The number of amides is 1. The topological polar surface area (TPSA) is 46.3 Å². The lowest BCUT2D eigenvalue weighted by Crippen LogP contribution is -2.38. The molecule has 1 aliphatic rings. The van der Waals surface area contributed by atoms with Crippen molar-refractivity contribution in [3.63, 3.8) is 0 Å². The summed E-state index contributed by atoms with van der Waals surface area (Å²) in [5.41, 5.74) is 6.62. The van der Waals surface area contributed by atoms with Crippen LogP contribution in [0, 0.1) is 5.92 Å². The maximum absolute atomic E-state index is 11.8. The summed E-state index contributed by atoms with van der Waals surface area (Å²) in [5.74, 6) is 0.509. The van der Waals surface area contributed by atoms with Crippen LogP contribution in [0.15, 0.2) is 30.3 Å². The van der Waals surface area contributed by atoms with E-state index in [1.54, 1.807) is 0 Å². The largest absolute Gasteiger partial charge is 0.368 e. The van der Waals surface area contributed by atoms with Gasteiger partial charge in [-0.2, -0.15) is 0 Å². The Labute approximate surface area is 109 Å².